The highest BCUT2D eigenvalue weighted by atomic mass is 32.2. The van der Waals surface area contributed by atoms with E-state index >= 15 is 0 Å². The summed E-state index contributed by atoms with van der Waals surface area (Å²) < 4.78 is 28.1. The highest BCUT2D eigenvalue weighted by molar-refractivity contribution is 8.00. The number of nitrogens with zero attached hydrogens (tertiary/aromatic N) is 2. The highest BCUT2D eigenvalue weighted by Gasteiger charge is 2.43. The number of carbonyl (C=O) groups excluding carboxylic acids is 6. The zero-order valence-corrected chi connectivity index (χ0v) is 37.6. The molecule has 16 heteroatoms. The van der Waals surface area contributed by atoms with Gasteiger partial charge in [0.05, 0.1) is 23.1 Å². The second-order valence-electron chi connectivity index (χ2n) is 17.8. The molecule has 3 rings (SSSR count). The van der Waals surface area contributed by atoms with Crippen molar-refractivity contribution in [2.45, 2.75) is 123 Å². The van der Waals surface area contributed by atoms with E-state index in [1.54, 1.807) is 20.2 Å². The number of nitrogens with one attached hydrogen (secondary N) is 3. The third-order valence-electron chi connectivity index (χ3n) is 11.5. The molecular formula is C42H66N6O8S2. The Morgan fingerprint density at radius 3 is 2.14 bits per heavy atom. The molecule has 1 heterocycles. The Kier molecular flexibility index (Phi) is 17.2. The summed E-state index contributed by atoms with van der Waals surface area (Å²) in [7, 11) is -0.736. The topological polar surface area (TPSA) is 205 Å². The molecule has 2 unspecified atom stereocenters. The zero-order valence-electron chi connectivity index (χ0n) is 35.9. The molecule has 1 aliphatic heterocycles. The normalized spacial score (nSPS) is 21.1. The Morgan fingerprint density at radius 2 is 1.60 bits per heavy atom. The van der Waals surface area contributed by atoms with Gasteiger partial charge in [-0.05, 0) is 74.6 Å². The third-order valence-corrected chi connectivity index (χ3v) is 14.1. The number of amides is 6. The maximum atomic E-state index is 14.2. The zero-order chi connectivity index (χ0) is 43.7. The molecule has 5 N–H and O–H groups in total. The predicted octanol–water partition coefficient (Wildman–Crippen LogP) is 3.50. The Balaban J connectivity index is 1.59. The molecule has 4 atom stereocenters. The Morgan fingerprint density at radius 1 is 1.00 bits per heavy atom. The fourth-order valence-corrected chi connectivity index (χ4v) is 10.2. The van der Waals surface area contributed by atoms with Crippen molar-refractivity contribution in [2.75, 3.05) is 32.1 Å². The van der Waals surface area contributed by atoms with Crippen LogP contribution in [0.1, 0.15) is 99.5 Å². The van der Waals surface area contributed by atoms with Crippen LogP contribution in [0.5, 0.6) is 0 Å². The first-order valence-electron chi connectivity index (χ1n) is 20.2. The maximum absolute atomic E-state index is 14.2. The number of likely N-dealkylation sites (N-methyl/N-ethyl adjacent to an activating group) is 2. The van der Waals surface area contributed by atoms with E-state index in [1.165, 1.54) is 28.5 Å². The maximum Gasteiger partial charge on any atom is 0.260 e. The van der Waals surface area contributed by atoms with Gasteiger partial charge in [0.15, 0.2) is 0 Å². The predicted molar refractivity (Wildman–Crippen MR) is 228 cm³/mol. The van der Waals surface area contributed by atoms with Crippen molar-refractivity contribution in [1.29, 1.82) is 0 Å². The van der Waals surface area contributed by atoms with E-state index in [-0.39, 0.29) is 77.2 Å². The van der Waals surface area contributed by atoms with Gasteiger partial charge >= 0.3 is 0 Å². The molecular weight excluding hydrogens is 781 g/mol. The molecule has 1 saturated carbocycles. The van der Waals surface area contributed by atoms with Crippen LogP contribution < -0.4 is 21.1 Å². The minimum absolute atomic E-state index is 0.0490. The molecule has 0 bridgehead atoms. The van der Waals surface area contributed by atoms with E-state index < -0.39 is 50.1 Å². The molecule has 58 heavy (non-hydrogen) atoms. The van der Waals surface area contributed by atoms with Gasteiger partial charge in [-0.3, -0.25) is 33.7 Å². The first-order chi connectivity index (χ1) is 26.9. The number of sulfonamides is 1. The lowest BCUT2D eigenvalue weighted by molar-refractivity contribution is -0.141. The number of hydrogen-bond acceptors (Lipinski definition) is 10. The minimum atomic E-state index is -4.05. The summed E-state index contributed by atoms with van der Waals surface area (Å²) in [6.45, 7) is 15.1. The SMILES string of the molecule is CN[C@H](C(=O)NC(C(=O)N(C)[C@H](/C=C(\C)C(=O)NS(=O)(=O)CCCSC1CC(=O)N(CC2CCC(C(N)=O)CC2)C1=O)C(C)C)C(C)(C)C)C(C)(C)c1ccccc1. The van der Waals surface area contributed by atoms with Crippen LogP contribution in [0.4, 0.5) is 0 Å². The molecule has 2 fully saturated rings. The summed E-state index contributed by atoms with van der Waals surface area (Å²) in [6, 6.07) is 7.46. The molecule has 1 aliphatic carbocycles. The van der Waals surface area contributed by atoms with Crippen molar-refractivity contribution in [1.82, 2.24) is 25.2 Å². The van der Waals surface area contributed by atoms with Gasteiger partial charge in [-0.15, -0.1) is 11.8 Å². The lowest BCUT2D eigenvalue weighted by Gasteiger charge is -2.40. The number of nitrogens with two attached hydrogens (primary N) is 1. The summed E-state index contributed by atoms with van der Waals surface area (Å²) in [5, 5.41) is 5.55. The summed E-state index contributed by atoms with van der Waals surface area (Å²) in [5.41, 5.74) is 5.18. The first-order valence-corrected chi connectivity index (χ1v) is 22.9. The summed E-state index contributed by atoms with van der Waals surface area (Å²) in [5.74, 6) is -2.66. The Hall–Kier alpha value is -3.76. The van der Waals surface area contributed by atoms with Crippen molar-refractivity contribution in [3.63, 3.8) is 0 Å². The van der Waals surface area contributed by atoms with E-state index in [0.29, 0.717) is 19.4 Å². The average Bonchev–Trinajstić information content (AvgIpc) is 3.41. The molecule has 1 aromatic rings. The Bertz CT molecular complexity index is 1790. The van der Waals surface area contributed by atoms with Gasteiger partial charge in [0.2, 0.25) is 39.6 Å². The second-order valence-corrected chi connectivity index (χ2v) is 20.9. The van der Waals surface area contributed by atoms with Crippen LogP contribution in [0.3, 0.4) is 0 Å². The monoisotopic (exact) mass is 846 g/mol. The number of likely N-dealkylation sites (tertiary alicyclic amines) is 1. The van der Waals surface area contributed by atoms with Crippen molar-refractivity contribution in [3.05, 3.63) is 47.5 Å². The van der Waals surface area contributed by atoms with Gasteiger partial charge < -0.3 is 21.3 Å². The van der Waals surface area contributed by atoms with Gasteiger partial charge in [-0.25, -0.2) is 13.1 Å². The molecule has 6 amide bonds. The lowest BCUT2D eigenvalue weighted by Crippen LogP contribution is -2.61. The summed E-state index contributed by atoms with van der Waals surface area (Å²) >= 11 is 1.23. The van der Waals surface area contributed by atoms with Gasteiger partial charge in [-0.2, -0.15) is 0 Å². The van der Waals surface area contributed by atoms with E-state index in [4.69, 9.17) is 5.73 Å². The van der Waals surface area contributed by atoms with Gasteiger partial charge in [0.1, 0.15) is 6.04 Å². The van der Waals surface area contributed by atoms with E-state index in [0.717, 1.165) is 18.4 Å². The number of thioether (sulfide) groups is 1. The van der Waals surface area contributed by atoms with Crippen LogP contribution in [0.15, 0.2) is 42.0 Å². The van der Waals surface area contributed by atoms with E-state index in [2.05, 4.69) is 15.4 Å². The number of rotatable bonds is 19. The van der Waals surface area contributed by atoms with E-state index in [1.807, 2.05) is 78.8 Å². The molecule has 0 spiro atoms. The van der Waals surface area contributed by atoms with Crippen molar-refractivity contribution in [2.24, 2.45) is 28.9 Å². The quantitative estimate of drug-likeness (QED) is 0.0907. The van der Waals surface area contributed by atoms with Gasteiger partial charge in [-0.1, -0.05) is 84.9 Å². The average molecular weight is 847 g/mol. The smallest absolute Gasteiger partial charge is 0.260 e. The molecule has 1 saturated heterocycles. The van der Waals surface area contributed by atoms with Crippen molar-refractivity contribution < 1.29 is 37.2 Å². The molecule has 1 aromatic carbocycles. The van der Waals surface area contributed by atoms with Crippen LogP contribution >= 0.6 is 11.8 Å². The minimum Gasteiger partial charge on any atom is -0.369 e. The summed E-state index contributed by atoms with van der Waals surface area (Å²) in [4.78, 5) is 81.3. The lowest BCUT2D eigenvalue weighted by atomic mass is 9.76. The molecule has 2 aliphatic rings. The number of primary amides is 1. The van der Waals surface area contributed by atoms with Crippen molar-refractivity contribution >= 4 is 57.2 Å². The van der Waals surface area contributed by atoms with Crippen LogP contribution in [-0.2, 0) is 44.2 Å². The van der Waals surface area contributed by atoms with Crippen molar-refractivity contribution in [3.8, 4) is 0 Å². The highest BCUT2D eigenvalue weighted by Crippen LogP contribution is 2.33. The number of imide groups is 1. The fourth-order valence-electron chi connectivity index (χ4n) is 7.77. The standard InChI is InChI=1S/C42H66N6O8S2/c1-26(2)31(47(10)40(54)35(41(4,5)6)45-38(52)34(44-9)42(7,8)30-15-12-11-13-16-30)23-27(3)37(51)46-58(55,56)22-14-21-57-32-24-33(49)48(39(32)53)25-28-17-19-29(20-18-28)36(43)50/h11-13,15-16,23,26,28-29,31-32,34-35,44H,14,17-22,24-25H2,1-10H3,(H2,43,50)(H,45,52)(H,46,51)/b27-23+/t28?,29?,31-,32?,34-,35?/m1/s1. The number of benzene rings is 1. The fraction of sp³-hybridized carbons (Fsp3) is 0.667. The summed E-state index contributed by atoms with van der Waals surface area (Å²) in [6.07, 6.45) is 4.50. The van der Waals surface area contributed by atoms with Crippen LogP contribution in [-0.4, -0.2) is 109 Å². The number of carbonyl (C=O) groups is 6. The number of hydrogen-bond donors (Lipinski definition) is 4. The second kappa shape index (κ2) is 20.5. The van der Waals surface area contributed by atoms with E-state index in [9.17, 15) is 37.2 Å². The molecule has 0 aromatic heterocycles. The molecule has 0 radical (unpaired) electrons. The van der Waals surface area contributed by atoms with Crippen LogP contribution in [0.25, 0.3) is 0 Å². The molecule has 14 nitrogen and oxygen atoms in total. The van der Waals surface area contributed by atoms with Crippen LogP contribution in [0.2, 0.25) is 0 Å². The van der Waals surface area contributed by atoms with Crippen LogP contribution in [0, 0.1) is 23.2 Å². The largest absolute Gasteiger partial charge is 0.369 e. The molecule has 324 valence electrons. The third kappa shape index (κ3) is 12.9. The Labute approximate surface area is 349 Å². The van der Waals surface area contributed by atoms with Gasteiger partial charge in [0.25, 0.3) is 5.91 Å². The van der Waals surface area contributed by atoms with Gasteiger partial charge in [0, 0.05) is 36.9 Å². The first kappa shape index (κ1) is 48.6.